The van der Waals surface area contributed by atoms with Crippen LogP contribution in [0, 0.1) is 12.8 Å². The smallest absolute Gasteiger partial charge is 0.250 e. The number of hydrogen-bond acceptors (Lipinski definition) is 5. The number of carbonyl (C=O) groups is 1. The van der Waals surface area contributed by atoms with Gasteiger partial charge in [0.25, 0.3) is 5.56 Å². The van der Waals surface area contributed by atoms with Crippen LogP contribution in [0.2, 0.25) is 0 Å². The highest BCUT2D eigenvalue weighted by Gasteiger charge is 2.37. The van der Waals surface area contributed by atoms with Gasteiger partial charge in [-0.2, -0.15) is 0 Å². The van der Waals surface area contributed by atoms with Gasteiger partial charge in [0.15, 0.2) is 0 Å². The van der Waals surface area contributed by atoms with E-state index in [0.717, 1.165) is 10.00 Å². The van der Waals surface area contributed by atoms with Crippen molar-refractivity contribution in [1.29, 1.82) is 0 Å². The van der Waals surface area contributed by atoms with E-state index < -0.39 is 22.0 Å². The van der Waals surface area contributed by atoms with Gasteiger partial charge in [0.05, 0.1) is 11.9 Å². The van der Waals surface area contributed by atoms with E-state index in [4.69, 9.17) is 0 Å². The van der Waals surface area contributed by atoms with Crippen LogP contribution in [0.3, 0.4) is 0 Å². The molecular weight excluding hydrogens is 346 g/mol. The number of amides is 1. The van der Waals surface area contributed by atoms with Crippen LogP contribution in [0.15, 0.2) is 23.0 Å². The zero-order chi connectivity index (χ0) is 18.8. The number of aryl methyl sites for hydroxylation is 1. The van der Waals surface area contributed by atoms with Crippen molar-refractivity contribution in [2.24, 2.45) is 5.92 Å². The molecule has 0 bridgehead atoms. The zero-order valence-corrected chi connectivity index (χ0v) is 15.6. The molecule has 8 nitrogen and oxygen atoms in total. The normalized spacial score (nSPS) is 21.1. The van der Waals surface area contributed by atoms with Gasteiger partial charge in [-0.15, -0.1) is 0 Å². The minimum Gasteiger partial charge on any atom is -0.391 e. The molecule has 0 spiro atoms. The quantitative estimate of drug-likeness (QED) is 0.710. The molecule has 0 aromatic carbocycles. The lowest BCUT2D eigenvalue weighted by Gasteiger charge is -2.18. The average Bonchev–Trinajstić information content (AvgIpc) is 2.87. The highest BCUT2D eigenvalue weighted by Crippen LogP contribution is 2.20. The Balaban J connectivity index is 1.96. The molecule has 1 aliphatic heterocycles. The second-order valence-corrected chi connectivity index (χ2v) is 8.82. The zero-order valence-electron chi connectivity index (χ0n) is 14.8. The minimum absolute atomic E-state index is 0.120. The molecule has 9 heteroatoms. The summed E-state index contributed by atoms with van der Waals surface area (Å²) in [4.78, 5) is 25.7. The number of carbonyl (C=O) groups excluding carboxylic acids is 1. The lowest BCUT2D eigenvalue weighted by atomic mass is 10.1. The molecule has 2 heterocycles. The first-order valence-corrected chi connectivity index (χ1v) is 9.75. The third-order valence-electron chi connectivity index (χ3n) is 4.56. The predicted molar refractivity (Wildman–Crippen MR) is 93.6 cm³/mol. The molecule has 25 heavy (non-hydrogen) atoms. The van der Waals surface area contributed by atoms with E-state index in [9.17, 15) is 23.1 Å². The monoisotopic (exact) mass is 371 g/mol. The number of nitrogens with zero attached hydrogens (tertiary/aromatic N) is 3. The van der Waals surface area contributed by atoms with Gasteiger partial charge in [0, 0.05) is 57.8 Å². The first kappa shape index (κ1) is 19.6. The Morgan fingerprint density at radius 2 is 2.00 bits per heavy atom. The van der Waals surface area contributed by atoms with Gasteiger partial charge in [-0.25, -0.2) is 12.7 Å². The van der Waals surface area contributed by atoms with Crippen LogP contribution >= 0.6 is 0 Å². The van der Waals surface area contributed by atoms with E-state index in [-0.39, 0.29) is 43.3 Å². The maximum absolute atomic E-state index is 12.4. The van der Waals surface area contributed by atoms with Crippen LogP contribution in [-0.4, -0.2) is 72.2 Å². The third kappa shape index (κ3) is 4.68. The number of aliphatic hydroxyl groups is 1. The fraction of sp³-hybridized carbons (Fsp3) is 0.625. The minimum atomic E-state index is -3.44. The van der Waals surface area contributed by atoms with Crippen molar-refractivity contribution in [3.63, 3.8) is 0 Å². The molecule has 1 aromatic rings. The van der Waals surface area contributed by atoms with Crippen LogP contribution in [0.1, 0.15) is 12.1 Å². The maximum Gasteiger partial charge on any atom is 0.250 e. The van der Waals surface area contributed by atoms with Gasteiger partial charge in [0.2, 0.25) is 15.9 Å². The number of aromatic nitrogens is 1. The molecule has 1 aromatic heterocycles. The van der Waals surface area contributed by atoms with E-state index in [0.29, 0.717) is 0 Å². The predicted octanol–water partition coefficient (Wildman–Crippen LogP) is -0.742. The molecule has 0 saturated carbocycles. The standard InChI is InChI=1S/C16H25N3O5S/c1-12-5-4-6-16(22)19(12)8-7-15(21)18-9-13(14(20)10-18)11-25(23,24)17(2)3/h4-6,13-14,20H,7-11H2,1-3H3/t13-,14-/m0/s1. The largest absolute Gasteiger partial charge is 0.391 e. The molecule has 140 valence electrons. The molecule has 2 rings (SSSR count). The van der Waals surface area contributed by atoms with Crippen molar-refractivity contribution in [2.45, 2.75) is 26.0 Å². The molecule has 1 amide bonds. The highest BCUT2D eigenvalue weighted by molar-refractivity contribution is 7.89. The van der Waals surface area contributed by atoms with Crippen LogP contribution < -0.4 is 5.56 Å². The van der Waals surface area contributed by atoms with Crippen molar-refractivity contribution < 1.29 is 18.3 Å². The Morgan fingerprint density at radius 3 is 2.60 bits per heavy atom. The molecule has 0 unspecified atom stereocenters. The van der Waals surface area contributed by atoms with Gasteiger partial charge in [0.1, 0.15) is 0 Å². The number of rotatable bonds is 6. The molecule has 1 saturated heterocycles. The fourth-order valence-electron chi connectivity index (χ4n) is 2.92. The Labute approximate surface area is 147 Å². The summed E-state index contributed by atoms with van der Waals surface area (Å²) in [5, 5.41) is 10.1. The Bertz CT molecular complexity index is 787. The second-order valence-electron chi connectivity index (χ2n) is 6.59. The molecule has 0 radical (unpaired) electrons. The highest BCUT2D eigenvalue weighted by atomic mass is 32.2. The average molecular weight is 371 g/mol. The summed E-state index contributed by atoms with van der Waals surface area (Å²) < 4.78 is 26.6. The lowest BCUT2D eigenvalue weighted by molar-refractivity contribution is -0.130. The summed E-state index contributed by atoms with van der Waals surface area (Å²) in [5.41, 5.74) is 0.612. The van der Waals surface area contributed by atoms with Gasteiger partial charge < -0.3 is 14.6 Å². The summed E-state index contributed by atoms with van der Waals surface area (Å²) in [6, 6.07) is 4.91. The SMILES string of the molecule is Cc1cccc(=O)n1CCC(=O)N1C[C@@H](CS(=O)(=O)N(C)C)[C@@H](O)C1. The topological polar surface area (TPSA) is 99.9 Å². The number of hydrogen-bond donors (Lipinski definition) is 1. The second kappa shape index (κ2) is 7.67. The van der Waals surface area contributed by atoms with Crippen LogP contribution in [0.5, 0.6) is 0 Å². The molecule has 1 fully saturated rings. The first-order chi connectivity index (χ1) is 11.6. The Kier molecular flexibility index (Phi) is 6.02. The van der Waals surface area contributed by atoms with Gasteiger partial charge in [-0.3, -0.25) is 9.59 Å². The number of likely N-dealkylation sites (tertiary alicyclic amines) is 1. The fourth-order valence-corrected chi connectivity index (χ4v) is 4.08. The summed E-state index contributed by atoms with van der Waals surface area (Å²) in [7, 11) is -0.552. The number of sulfonamides is 1. The first-order valence-electron chi connectivity index (χ1n) is 8.14. The number of pyridine rings is 1. The molecule has 1 N–H and O–H groups in total. The Hall–Kier alpha value is -1.71. The summed E-state index contributed by atoms with van der Waals surface area (Å²) >= 11 is 0. The van der Waals surface area contributed by atoms with E-state index in [1.807, 2.05) is 0 Å². The van der Waals surface area contributed by atoms with Crippen molar-refractivity contribution >= 4 is 15.9 Å². The van der Waals surface area contributed by atoms with Crippen molar-refractivity contribution in [3.05, 3.63) is 34.2 Å². The lowest BCUT2D eigenvalue weighted by Crippen LogP contribution is -2.34. The van der Waals surface area contributed by atoms with E-state index in [1.165, 1.54) is 29.6 Å². The van der Waals surface area contributed by atoms with Crippen molar-refractivity contribution in [3.8, 4) is 0 Å². The third-order valence-corrected chi connectivity index (χ3v) is 6.52. The summed E-state index contributed by atoms with van der Waals surface area (Å²) in [6.45, 7) is 2.39. The van der Waals surface area contributed by atoms with Crippen molar-refractivity contribution in [2.75, 3.05) is 32.9 Å². The van der Waals surface area contributed by atoms with Gasteiger partial charge in [-0.1, -0.05) is 6.07 Å². The molecule has 2 atom stereocenters. The summed E-state index contributed by atoms with van der Waals surface area (Å²) in [5.74, 6) is -0.890. The summed E-state index contributed by atoms with van der Waals surface area (Å²) in [6.07, 6.45) is -0.732. The van der Waals surface area contributed by atoms with Gasteiger partial charge >= 0.3 is 0 Å². The maximum atomic E-state index is 12.4. The van der Waals surface area contributed by atoms with Gasteiger partial charge in [-0.05, 0) is 13.0 Å². The molecule has 1 aliphatic rings. The molecule has 0 aliphatic carbocycles. The van der Waals surface area contributed by atoms with Crippen LogP contribution in [-0.2, 0) is 21.4 Å². The van der Waals surface area contributed by atoms with E-state index in [2.05, 4.69) is 0 Å². The van der Waals surface area contributed by atoms with Crippen LogP contribution in [0.25, 0.3) is 0 Å². The van der Waals surface area contributed by atoms with E-state index >= 15 is 0 Å². The number of β-amino-alcohol motifs (C(OH)–C–C–N with tert-alkyl or cyclic N) is 1. The molecular formula is C16H25N3O5S. The Morgan fingerprint density at radius 1 is 1.32 bits per heavy atom. The van der Waals surface area contributed by atoms with E-state index in [1.54, 1.807) is 19.1 Å². The van der Waals surface area contributed by atoms with Crippen molar-refractivity contribution in [1.82, 2.24) is 13.8 Å². The van der Waals surface area contributed by atoms with Crippen LogP contribution in [0.4, 0.5) is 0 Å². The number of aliphatic hydroxyl groups excluding tert-OH is 1.